The van der Waals surface area contributed by atoms with E-state index in [1.165, 1.54) is 27.5 Å². The molecule has 2 saturated heterocycles. The lowest BCUT2D eigenvalue weighted by molar-refractivity contribution is -0.172. The number of ether oxygens (including phenoxy) is 6. The molecule has 1 aromatic heterocycles. The molecule has 0 aliphatic carbocycles. The van der Waals surface area contributed by atoms with Gasteiger partial charge in [0.05, 0.1) is 50.1 Å². The highest BCUT2D eigenvalue weighted by Crippen LogP contribution is 2.44. The fourth-order valence-electron chi connectivity index (χ4n) is 3.57. The third-order valence-corrected chi connectivity index (χ3v) is 5.20. The van der Waals surface area contributed by atoms with Crippen LogP contribution in [0.1, 0.15) is 32.4 Å². The first kappa shape index (κ1) is 23.0. The number of azide groups is 1. The molecule has 12 heteroatoms. The van der Waals surface area contributed by atoms with Gasteiger partial charge in [-0.1, -0.05) is 5.11 Å². The van der Waals surface area contributed by atoms with Crippen molar-refractivity contribution in [3.63, 3.8) is 0 Å². The van der Waals surface area contributed by atoms with Crippen LogP contribution in [0.5, 0.6) is 11.9 Å². The third-order valence-electron chi connectivity index (χ3n) is 5.20. The summed E-state index contributed by atoms with van der Waals surface area (Å²) in [5, 5.41) is 3.87. The van der Waals surface area contributed by atoms with Gasteiger partial charge in [-0.2, -0.15) is 4.98 Å². The lowest BCUT2D eigenvalue weighted by Crippen LogP contribution is -2.53. The van der Waals surface area contributed by atoms with E-state index in [0.717, 1.165) is 0 Å². The van der Waals surface area contributed by atoms with Gasteiger partial charge in [-0.3, -0.25) is 4.79 Å². The standard InChI is InChI=1S/C19H27N5O7/c1-19(2,3)17(25)31-15-12(9-7-21-18(28-6)22-16(9)27-5)30-13-11(23-24-20)10(26-4)8-29-14(13)15/h7,10-15H,8H2,1-6H3/t10-,11-,12+,13-,14-,15?/m1/s1. The van der Waals surface area contributed by atoms with Crippen molar-refractivity contribution in [1.29, 1.82) is 0 Å². The summed E-state index contributed by atoms with van der Waals surface area (Å²) in [5.41, 5.74) is 8.75. The van der Waals surface area contributed by atoms with Gasteiger partial charge in [0.25, 0.3) is 0 Å². The Labute approximate surface area is 179 Å². The van der Waals surface area contributed by atoms with Crippen LogP contribution in [0, 0.1) is 5.41 Å². The molecule has 0 saturated carbocycles. The molecule has 0 bridgehead atoms. The molecule has 0 amide bonds. The van der Waals surface area contributed by atoms with Gasteiger partial charge >= 0.3 is 12.0 Å². The second-order valence-electron chi connectivity index (χ2n) is 8.23. The average molecular weight is 437 g/mol. The maximum Gasteiger partial charge on any atom is 0.319 e. The van der Waals surface area contributed by atoms with Crippen LogP contribution in [-0.4, -0.2) is 74.3 Å². The van der Waals surface area contributed by atoms with Crippen LogP contribution in [-0.2, 0) is 23.7 Å². The van der Waals surface area contributed by atoms with Gasteiger partial charge in [-0.15, -0.1) is 0 Å². The molecule has 3 heterocycles. The molecule has 12 nitrogen and oxygen atoms in total. The van der Waals surface area contributed by atoms with Gasteiger partial charge in [0.15, 0.2) is 6.10 Å². The summed E-state index contributed by atoms with van der Waals surface area (Å²) in [5.74, 6) is -0.228. The van der Waals surface area contributed by atoms with Crippen LogP contribution in [0.2, 0.25) is 0 Å². The molecule has 31 heavy (non-hydrogen) atoms. The van der Waals surface area contributed by atoms with Gasteiger partial charge in [-0.05, 0) is 26.3 Å². The predicted molar refractivity (Wildman–Crippen MR) is 106 cm³/mol. The maximum absolute atomic E-state index is 12.7. The average Bonchev–Trinajstić information content (AvgIpc) is 3.11. The van der Waals surface area contributed by atoms with Gasteiger partial charge < -0.3 is 28.4 Å². The molecular weight excluding hydrogens is 410 g/mol. The first-order chi connectivity index (χ1) is 14.7. The number of nitrogens with zero attached hydrogens (tertiary/aromatic N) is 5. The first-order valence-electron chi connectivity index (χ1n) is 9.75. The summed E-state index contributed by atoms with van der Waals surface area (Å²) in [6.45, 7) is 5.40. The normalized spacial score (nSPS) is 30.1. The Kier molecular flexibility index (Phi) is 6.85. The molecule has 2 fully saturated rings. The van der Waals surface area contributed by atoms with Crippen molar-refractivity contribution >= 4 is 5.97 Å². The molecule has 0 aromatic carbocycles. The first-order valence-corrected chi connectivity index (χ1v) is 9.75. The van der Waals surface area contributed by atoms with Gasteiger partial charge in [0.2, 0.25) is 5.88 Å². The molecule has 1 aromatic rings. The van der Waals surface area contributed by atoms with Gasteiger partial charge in [0.1, 0.15) is 12.2 Å². The van der Waals surface area contributed by atoms with Crippen LogP contribution in [0.3, 0.4) is 0 Å². The summed E-state index contributed by atoms with van der Waals surface area (Å²) in [7, 11) is 4.38. The molecule has 3 rings (SSSR count). The zero-order valence-corrected chi connectivity index (χ0v) is 18.3. The molecule has 1 unspecified atom stereocenters. The largest absolute Gasteiger partial charge is 0.481 e. The highest BCUT2D eigenvalue weighted by atomic mass is 16.6. The fourth-order valence-corrected chi connectivity index (χ4v) is 3.57. The summed E-state index contributed by atoms with van der Waals surface area (Å²) in [4.78, 5) is 24.0. The van der Waals surface area contributed by atoms with E-state index >= 15 is 0 Å². The number of rotatable bonds is 6. The number of methoxy groups -OCH3 is 3. The van der Waals surface area contributed by atoms with E-state index in [0.29, 0.717) is 5.56 Å². The van der Waals surface area contributed by atoms with Crippen molar-refractivity contribution in [3.8, 4) is 11.9 Å². The molecule has 0 spiro atoms. The van der Waals surface area contributed by atoms with E-state index in [-0.39, 0.29) is 18.5 Å². The third kappa shape index (κ3) is 4.52. The van der Waals surface area contributed by atoms with Crippen LogP contribution in [0.4, 0.5) is 0 Å². The van der Waals surface area contributed by atoms with Crippen molar-refractivity contribution in [1.82, 2.24) is 9.97 Å². The lowest BCUT2D eigenvalue weighted by atomic mass is 9.93. The van der Waals surface area contributed by atoms with E-state index in [2.05, 4.69) is 20.0 Å². The topological polar surface area (TPSA) is 147 Å². The molecular formula is C19H27N5O7. The van der Waals surface area contributed by atoms with Crippen LogP contribution in [0.25, 0.3) is 10.4 Å². The number of hydrogen-bond acceptors (Lipinski definition) is 10. The monoisotopic (exact) mass is 437 g/mol. The highest BCUT2D eigenvalue weighted by Gasteiger charge is 2.56. The Morgan fingerprint density at radius 1 is 1.26 bits per heavy atom. The number of fused-ring (bicyclic) bond motifs is 1. The van der Waals surface area contributed by atoms with Gasteiger partial charge in [-0.25, -0.2) is 4.98 Å². The Morgan fingerprint density at radius 2 is 2.00 bits per heavy atom. The fraction of sp³-hybridized carbons (Fsp3) is 0.737. The van der Waals surface area contributed by atoms with Crippen LogP contribution in [0.15, 0.2) is 11.3 Å². The number of esters is 1. The quantitative estimate of drug-likeness (QED) is 0.282. The van der Waals surface area contributed by atoms with Crippen molar-refractivity contribution in [2.24, 2.45) is 10.5 Å². The minimum atomic E-state index is -0.850. The van der Waals surface area contributed by atoms with E-state index in [1.54, 1.807) is 20.8 Å². The Balaban J connectivity index is 2.03. The van der Waals surface area contributed by atoms with E-state index < -0.39 is 47.9 Å². The molecule has 2 aliphatic heterocycles. The Hall–Kier alpha value is -2.66. The van der Waals surface area contributed by atoms with Crippen molar-refractivity contribution in [2.45, 2.75) is 57.3 Å². The summed E-state index contributed by atoms with van der Waals surface area (Å²) >= 11 is 0. The zero-order chi connectivity index (χ0) is 22.8. The SMILES string of the molecule is COc1ncc([C@@H]2O[C@@H]3[C@H](N=[N+]=[N-])[C@H](OC)CO[C@H]3C2OC(=O)C(C)(C)C)c(OC)n1. The van der Waals surface area contributed by atoms with E-state index in [9.17, 15) is 4.79 Å². The highest BCUT2D eigenvalue weighted by molar-refractivity contribution is 5.75. The molecule has 170 valence electrons. The maximum atomic E-state index is 12.7. The minimum absolute atomic E-state index is 0.113. The van der Waals surface area contributed by atoms with Crippen LogP contribution >= 0.6 is 0 Å². The summed E-state index contributed by atoms with van der Waals surface area (Å²) in [6.07, 6.45) is -2.11. The number of hydrogen-bond donors (Lipinski definition) is 0. The van der Waals surface area contributed by atoms with Crippen molar-refractivity contribution in [3.05, 3.63) is 22.2 Å². The molecule has 2 aliphatic rings. The van der Waals surface area contributed by atoms with Gasteiger partial charge in [0, 0.05) is 18.2 Å². The smallest absolute Gasteiger partial charge is 0.319 e. The Morgan fingerprint density at radius 3 is 2.58 bits per heavy atom. The molecule has 0 radical (unpaired) electrons. The lowest BCUT2D eigenvalue weighted by Gasteiger charge is -2.36. The summed E-state index contributed by atoms with van der Waals surface area (Å²) < 4.78 is 33.9. The zero-order valence-electron chi connectivity index (χ0n) is 18.3. The number of aromatic nitrogens is 2. The molecule has 0 N–H and O–H groups in total. The minimum Gasteiger partial charge on any atom is -0.481 e. The van der Waals surface area contributed by atoms with E-state index in [4.69, 9.17) is 34.0 Å². The second kappa shape index (κ2) is 9.23. The second-order valence-corrected chi connectivity index (χ2v) is 8.23. The predicted octanol–water partition coefficient (Wildman–Crippen LogP) is 1.98. The molecule has 6 atom stereocenters. The van der Waals surface area contributed by atoms with Crippen molar-refractivity contribution < 1.29 is 33.2 Å². The number of carbonyl (C=O) groups excluding carboxylic acids is 1. The number of carbonyl (C=O) groups is 1. The van der Waals surface area contributed by atoms with E-state index in [1.807, 2.05) is 0 Å². The van der Waals surface area contributed by atoms with Crippen LogP contribution < -0.4 is 9.47 Å². The Bertz CT molecular complexity index is 855. The van der Waals surface area contributed by atoms with Crippen molar-refractivity contribution in [2.75, 3.05) is 27.9 Å². The summed E-state index contributed by atoms with van der Waals surface area (Å²) in [6, 6.07) is -0.568.